The first-order chi connectivity index (χ1) is 8.65. The van der Waals surface area contributed by atoms with Gasteiger partial charge in [0.1, 0.15) is 0 Å². The smallest absolute Gasteiger partial charge is 0.309 e. The number of hydrogen-bond donors (Lipinski definition) is 2. The third-order valence-electron chi connectivity index (χ3n) is 2.50. The van der Waals surface area contributed by atoms with E-state index < -0.39 is 11.8 Å². The summed E-state index contributed by atoms with van der Waals surface area (Å²) < 4.78 is 4.77. The monoisotopic (exact) mass is 250 g/mol. The summed E-state index contributed by atoms with van der Waals surface area (Å²) in [5, 5.41) is 5.03. The molecule has 0 atom stereocenters. The number of aryl methyl sites for hydroxylation is 1. The second-order valence-corrected chi connectivity index (χ2v) is 3.86. The molecular formula is C13H18N2O3. The van der Waals surface area contributed by atoms with Crippen LogP contribution in [0.4, 0.5) is 0 Å². The molecule has 98 valence electrons. The number of ether oxygens (including phenoxy) is 1. The Morgan fingerprint density at radius 1 is 1.17 bits per heavy atom. The quantitative estimate of drug-likeness (QED) is 0.586. The summed E-state index contributed by atoms with van der Waals surface area (Å²) in [6, 6.07) is 7.70. The average Bonchev–Trinajstić information content (AvgIpc) is 2.37. The standard InChI is InChI=1S/C13H18N2O3/c1-10-5-3-4-6-11(10)9-15-13(17)12(16)14-7-8-18-2/h3-6H,7-9H2,1-2H3,(H,14,16)(H,15,17). The summed E-state index contributed by atoms with van der Waals surface area (Å²) in [5.41, 5.74) is 2.08. The van der Waals surface area contributed by atoms with Gasteiger partial charge in [0.05, 0.1) is 6.61 Å². The molecule has 0 unspecified atom stereocenters. The van der Waals surface area contributed by atoms with Gasteiger partial charge in [-0.15, -0.1) is 0 Å². The van der Waals surface area contributed by atoms with Crippen LogP contribution in [0.3, 0.4) is 0 Å². The topological polar surface area (TPSA) is 67.4 Å². The van der Waals surface area contributed by atoms with E-state index in [1.54, 1.807) is 0 Å². The van der Waals surface area contributed by atoms with Crippen molar-refractivity contribution in [3.63, 3.8) is 0 Å². The molecule has 2 amide bonds. The first-order valence-electron chi connectivity index (χ1n) is 5.74. The number of carbonyl (C=O) groups excluding carboxylic acids is 2. The minimum Gasteiger partial charge on any atom is -0.383 e. The highest BCUT2D eigenvalue weighted by Crippen LogP contribution is 2.05. The molecule has 0 aliphatic carbocycles. The van der Waals surface area contributed by atoms with Crippen molar-refractivity contribution >= 4 is 11.8 Å². The Hall–Kier alpha value is -1.88. The molecule has 1 aromatic carbocycles. The predicted molar refractivity (Wildman–Crippen MR) is 67.9 cm³/mol. The van der Waals surface area contributed by atoms with Crippen LogP contribution in [0.5, 0.6) is 0 Å². The largest absolute Gasteiger partial charge is 0.383 e. The van der Waals surface area contributed by atoms with Crippen LogP contribution in [0.1, 0.15) is 11.1 Å². The number of benzene rings is 1. The van der Waals surface area contributed by atoms with Gasteiger partial charge < -0.3 is 15.4 Å². The molecule has 1 rings (SSSR count). The van der Waals surface area contributed by atoms with Gasteiger partial charge in [-0.2, -0.15) is 0 Å². The Bertz CT molecular complexity index is 418. The molecule has 0 saturated carbocycles. The summed E-state index contributed by atoms with van der Waals surface area (Å²) in [4.78, 5) is 22.8. The first kappa shape index (κ1) is 14.2. The Kier molecular flexibility index (Phi) is 5.87. The lowest BCUT2D eigenvalue weighted by atomic mass is 10.1. The van der Waals surface area contributed by atoms with Gasteiger partial charge in [-0.1, -0.05) is 24.3 Å². The van der Waals surface area contributed by atoms with Crippen LogP contribution in [0, 0.1) is 6.92 Å². The van der Waals surface area contributed by atoms with Crippen LogP contribution in [-0.2, 0) is 20.9 Å². The van der Waals surface area contributed by atoms with E-state index in [1.807, 2.05) is 31.2 Å². The number of nitrogens with one attached hydrogen (secondary N) is 2. The van der Waals surface area contributed by atoms with Gasteiger partial charge in [0, 0.05) is 20.2 Å². The third-order valence-corrected chi connectivity index (χ3v) is 2.50. The Morgan fingerprint density at radius 3 is 2.50 bits per heavy atom. The summed E-state index contributed by atoms with van der Waals surface area (Å²) in [7, 11) is 1.53. The fourth-order valence-electron chi connectivity index (χ4n) is 1.41. The van der Waals surface area contributed by atoms with Crippen LogP contribution >= 0.6 is 0 Å². The van der Waals surface area contributed by atoms with Crippen molar-refractivity contribution in [2.24, 2.45) is 0 Å². The summed E-state index contributed by atoms with van der Waals surface area (Å²) in [6.45, 7) is 3.02. The van der Waals surface area contributed by atoms with Crippen LogP contribution in [0.2, 0.25) is 0 Å². The maximum atomic E-state index is 11.5. The third kappa shape index (κ3) is 4.55. The molecular weight excluding hydrogens is 232 g/mol. The van der Waals surface area contributed by atoms with Crippen LogP contribution in [-0.4, -0.2) is 32.1 Å². The molecule has 0 fully saturated rings. The highest BCUT2D eigenvalue weighted by molar-refractivity contribution is 6.35. The first-order valence-corrected chi connectivity index (χ1v) is 5.74. The second-order valence-electron chi connectivity index (χ2n) is 3.86. The van der Waals surface area contributed by atoms with E-state index in [4.69, 9.17) is 4.74 Å². The molecule has 0 radical (unpaired) electrons. The van der Waals surface area contributed by atoms with E-state index in [1.165, 1.54) is 7.11 Å². The lowest BCUT2D eigenvalue weighted by molar-refractivity contribution is -0.139. The predicted octanol–water partition coefficient (Wildman–Crippen LogP) is 0.374. The fourth-order valence-corrected chi connectivity index (χ4v) is 1.41. The van der Waals surface area contributed by atoms with Crippen molar-refractivity contribution in [2.45, 2.75) is 13.5 Å². The van der Waals surface area contributed by atoms with Crippen molar-refractivity contribution in [1.29, 1.82) is 0 Å². The van der Waals surface area contributed by atoms with E-state index in [9.17, 15) is 9.59 Å². The molecule has 0 bridgehead atoms. The molecule has 0 aliphatic rings. The maximum absolute atomic E-state index is 11.5. The minimum absolute atomic E-state index is 0.327. The van der Waals surface area contributed by atoms with Crippen molar-refractivity contribution < 1.29 is 14.3 Å². The Balaban J connectivity index is 2.37. The SMILES string of the molecule is COCCNC(=O)C(=O)NCc1ccccc1C. The average molecular weight is 250 g/mol. The molecule has 0 spiro atoms. The van der Waals surface area contributed by atoms with Gasteiger partial charge in [0.2, 0.25) is 0 Å². The van der Waals surface area contributed by atoms with E-state index >= 15 is 0 Å². The minimum atomic E-state index is -0.638. The molecule has 1 aromatic rings. The molecule has 5 nitrogen and oxygen atoms in total. The van der Waals surface area contributed by atoms with Crippen molar-refractivity contribution in [1.82, 2.24) is 10.6 Å². The number of carbonyl (C=O) groups is 2. The van der Waals surface area contributed by atoms with E-state index in [2.05, 4.69) is 10.6 Å². The van der Waals surface area contributed by atoms with Crippen molar-refractivity contribution in [2.75, 3.05) is 20.3 Å². The summed E-state index contributed by atoms with van der Waals surface area (Å²) in [6.07, 6.45) is 0. The van der Waals surface area contributed by atoms with Gasteiger partial charge >= 0.3 is 11.8 Å². The highest BCUT2D eigenvalue weighted by atomic mass is 16.5. The Morgan fingerprint density at radius 2 is 1.83 bits per heavy atom. The second kappa shape index (κ2) is 7.45. The Labute approximate surface area is 107 Å². The van der Waals surface area contributed by atoms with Gasteiger partial charge in [-0.25, -0.2) is 0 Å². The van der Waals surface area contributed by atoms with Crippen LogP contribution in [0.25, 0.3) is 0 Å². The van der Waals surface area contributed by atoms with Crippen molar-refractivity contribution in [3.8, 4) is 0 Å². The highest BCUT2D eigenvalue weighted by Gasteiger charge is 2.12. The number of rotatable bonds is 5. The van der Waals surface area contributed by atoms with Gasteiger partial charge in [0.15, 0.2) is 0 Å². The summed E-state index contributed by atoms with van der Waals surface area (Å²) in [5.74, 6) is -1.27. The lowest BCUT2D eigenvalue weighted by Crippen LogP contribution is -2.40. The fraction of sp³-hybridized carbons (Fsp3) is 0.385. The van der Waals surface area contributed by atoms with Gasteiger partial charge in [-0.05, 0) is 18.1 Å². The van der Waals surface area contributed by atoms with Crippen LogP contribution < -0.4 is 10.6 Å². The molecule has 0 saturated heterocycles. The molecule has 0 heterocycles. The molecule has 0 aliphatic heterocycles. The number of amides is 2. The molecule has 2 N–H and O–H groups in total. The van der Waals surface area contributed by atoms with E-state index in [-0.39, 0.29) is 0 Å². The lowest BCUT2D eigenvalue weighted by Gasteiger charge is -2.08. The maximum Gasteiger partial charge on any atom is 0.309 e. The molecule has 18 heavy (non-hydrogen) atoms. The molecule has 0 aromatic heterocycles. The summed E-state index contributed by atoms with van der Waals surface area (Å²) >= 11 is 0. The zero-order valence-electron chi connectivity index (χ0n) is 10.7. The number of hydrogen-bond acceptors (Lipinski definition) is 3. The van der Waals surface area contributed by atoms with E-state index in [0.29, 0.717) is 19.7 Å². The van der Waals surface area contributed by atoms with Gasteiger partial charge in [-0.3, -0.25) is 9.59 Å². The zero-order valence-corrected chi connectivity index (χ0v) is 10.7. The molecule has 5 heteroatoms. The number of methoxy groups -OCH3 is 1. The van der Waals surface area contributed by atoms with E-state index in [0.717, 1.165) is 11.1 Å². The van der Waals surface area contributed by atoms with Crippen molar-refractivity contribution in [3.05, 3.63) is 35.4 Å². The van der Waals surface area contributed by atoms with Gasteiger partial charge in [0.25, 0.3) is 0 Å². The normalized spacial score (nSPS) is 9.89. The van der Waals surface area contributed by atoms with Crippen LogP contribution in [0.15, 0.2) is 24.3 Å². The zero-order chi connectivity index (χ0) is 13.4.